The third-order valence-corrected chi connectivity index (χ3v) is 3.77. The van der Waals surface area contributed by atoms with Crippen molar-refractivity contribution in [1.29, 1.82) is 0 Å². The molecule has 1 N–H and O–H groups in total. The lowest BCUT2D eigenvalue weighted by atomic mass is 10.00. The first-order valence-electron chi connectivity index (χ1n) is 6.84. The molecular formula is C14H15F2N3O2. The van der Waals surface area contributed by atoms with E-state index < -0.39 is 17.7 Å². The zero-order valence-corrected chi connectivity index (χ0v) is 11.5. The largest absolute Gasteiger partial charge is 0.416 e. The zero-order chi connectivity index (χ0) is 15.0. The average molecular weight is 295 g/mol. The Morgan fingerprint density at radius 2 is 2.10 bits per heavy atom. The molecule has 1 aliphatic rings. The van der Waals surface area contributed by atoms with Crippen molar-refractivity contribution in [3.8, 4) is 5.88 Å². The third-order valence-electron chi connectivity index (χ3n) is 3.77. The number of amides is 1. The SMILES string of the molecule is CC1CCN(C(=O)Oc2n[nH]c3cc(F)cc(F)c23)CC1. The van der Waals surface area contributed by atoms with Crippen molar-refractivity contribution in [2.24, 2.45) is 5.92 Å². The Balaban J connectivity index is 1.80. The van der Waals surface area contributed by atoms with Gasteiger partial charge in [-0.2, -0.15) is 0 Å². The number of hydrogen-bond donors (Lipinski definition) is 1. The van der Waals surface area contributed by atoms with E-state index in [9.17, 15) is 13.6 Å². The van der Waals surface area contributed by atoms with Crippen LogP contribution in [0.1, 0.15) is 19.8 Å². The highest BCUT2D eigenvalue weighted by Gasteiger charge is 2.24. The highest BCUT2D eigenvalue weighted by atomic mass is 19.1. The summed E-state index contributed by atoms with van der Waals surface area (Å²) in [6.07, 6.45) is 1.27. The Bertz CT molecular complexity index is 678. The molecule has 1 saturated heterocycles. The van der Waals surface area contributed by atoms with Crippen LogP contribution in [-0.4, -0.2) is 34.3 Å². The number of carbonyl (C=O) groups excluding carboxylic acids is 1. The van der Waals surface area contributed by atoms with Gasteiger partial charge in [0.25, 0.3) is 5.88 Å². The standard InChI is InChI=1S/C14H15F2N3O2/c1-8-2-4-19(5-3-8)14(20)21-13-12-10(16)6-9(15)7-11(12)17-18-13/h6-8H,2-5H2,1H3,(H,17,18). The fraction of sp³-hybridized carbons (Fsp3) is 0.429. The van der Waals surface area contributed by atoms with Gasteiger partial charge < -0.3 is 9.64 Å². The third kappa shape index (κ3) is 2.68. The van der Waals surface area contributed by atoms with Crippen molar-refractivity contribution in [2.45, 2.75) is 19.8 Å². The van der Waals surface area contributed by atoms with E-state index in [4.69, 9.17) is 4.74 Å². The first-order chi connectivity index (χ1) is 10.0. The number of halogens is 2. The number of H-pyrrole nitrogens is 1. The predicted octanol–water partition coefficient (Wildman–Crippen LogP) is 3.07. The van der Waals surface area contributed by atoms with Gasteiger partial charge in [0, 0.05) is 19.2 Å². The molecule has 1 aromatic heterocycles. The number of hydrogen-bond acceptors (Lipinski definition) is 3. The van der Waals surface area contributed by atoms with Gasteiger partial charge >= 0.3 is 6.09 Å². The summed E-state index contributed by atoms with van der Waals surface area (Å²) in [5.74, 6) is -1.10. The van der Waals surface area contributed by atoms with Crippen LogP contribution in [0.15, 0.2) is 12.1 Å². The number of aromatic nitrogens is 2. The molecule has 0 radical (unpaired) electrons. The fourth-order valence-electron chi connectivity index (χ4n) is 2.46. The molecule has 0 spiro atoms. The summed E-state index contributed by atoms with van der Waals surface area (Å²) in [6.45, 7) is 3.35. The molecule has 1 aliphatic heterocycles. The Morgan fingerprint density at radius 1 is 1.38 bits per heavy atom. The van der Waals surface area contributed by atoms with Crippen molar-refractivity contribution in [1.82, 2.24) is 15.1 Å². The summed E-state index contributed by atoms with van der Waals surface area (Å²) < 4.78 is 32.0. The highest BCUT2D eigenvalue weighted by molar-refractivity contribution is 5.87. The predicted molar refractivity (Wildman–Crippen MR) is 72.0 cm³/mol. The van der Waals surface area contributed by atoms with Crippen LogP contribution in [0.25, 0.3) is 10.9 Å². The van der Waals surface area contributed by atoms with Crippen LogP contribution < -0.4 is 4.74 Å². The highest BCUT2D eigenvalue weighted by Crippen LogP contribution is 2.27. The Kier molecular flexibility index (Phi) is 3.48. The minimum Gasteiger partial charge on any atom is -0.389 e. The molecule has 3 rings (SSSR count). The number of likely N-dealkylation sites (tertiary alicyclic amines) is 1. The minimum atomic E-state index is -0.811. The van der Waals surface area contributed by atoms with Crippen molar-refractivity contribution in [3.63, 3.8) is 0 Å². The molecule has 0 bridgehead atoms. The molecule has 1 aromatic carbocycles. The Labute approximate surface area is 119 Å². The molecule has 0 aliphatic carbocycles. The van der Waals surface area contributed by atoms with Gasteiger partial charge in [0.15, 0.2) is 0 Å². The average Bonchev–Trinajstić information content (AvgIpc) is 2.82. The first-order valence-corrected chi connectivity index (χ1v) is 6.84. The maximum atomic E-state index is 13.8. The molecule has 112 valence electrons. The molecule has 21 heavy (non-hydrogen) atoms. The molecule has 1 amide bonds. The molecule has 1 fully saturated rings. The van der Waals surface area contributed by atoms with E-state index in [2.05, 4.69) is 17.1 Å². The fourth-order valence-corrected chi connectivity index (χ4v) is 2.46. The second kappa shape index (κ2) is 5.31. The lowest BCUT2D eigenvalue weighted by Gasteiger charge is -2.29. The number of fused-ring (bicyclic) bond motifs is 1. The van der Waals surface area contributed by atoms with Gasteiger partial charge in [-0.3, -0.25) is 5.10 Å². The maximum Gasteiger partial charge on any atom is 0.416 e. The van der Waals surface area contributed by atoms with Gasteiger partial charge in [-0.25, -0.2) is 13.6 Å². The number of aromatic amines is 1. The molecular weight excluding hydrogens is 280 g/mol. The molecule has 0 unspecified atom stereocenters. The van der Waals surface area contributed by atoms with Gasteiger partial charge in [0.1, 0.15) is 11.6 Å². The van der Waals surface area contributed by atoms with Crippen LogP contribution in [0, 0.1) is 17.6 Å². The van der Waals surface area contributed by atoms with Crippen LogP contribution in [0.5, 0.6) is 5.88 Å². The van der Waals surface area contributed by atoms with E-state index in [0.29, 0.717) is 19.0 Å². The van der Waals surface area contributed by atoms with E-state index in [-0.39, 0.29) is 16.8 Å². The summed E-state index contributed by atoms with van der Waals surface area (Å²) in [5.41, 5.74) is 0.155. The van der Waals surface area contributed by atoms with Crippen LogP contribution in [0.2, 0.25) is 0 Å². The second-order valence-corrected chi connectivity index (χ2v) is 5.38. The normalized spacial score (nSPS) is 16.4. The topological polar surface area (TPSA) is 58.2 Å². The minimum absolute atomic E-state index is 0.0184. The Morgan fingerprint density at radius 3 is 2.81 bits per heavy atom. The smallest absolute Gasteiger partial charge is 0.389 e. The summed E-state index contributed by atoms with van der Waals surface area (Å²) in [4.78, 5) is 13.6. The van der Waals surface area contributed by atoms with Gasteiger partial charge in [0.2, 0.25) is 0 Å². The lowest BCUT2D eigenvalue weighted by molar-refractivity contribution is 0.132. The lowest BCUT2D eigenvalue weighted by Crippen LogP contribution is -2.39. The second-order valence-electron chi connectivity index (χ2n) is 5.38. The molecule has 2 aromatic rings. The summed E-state index contributed by atoms with van der Waals surface area (Å²) in [7, 11) is 0. The molecule has 0 atom stereocenters. The molecule has 2 heterocycles. The van der Waals surface area contributed by atoms with Crippen LogP contribution in [0.3, 0.4) is 0 Å². The van der Waals surface area contributed by atoms with Crippen LogP contribution in [-0.2, 0) is 0 Å². The van der Waals surface area contributed by atoms with Gasteiger partial charge in [-0.05, 0) is 24.8 Å². The number of piperidine rings is 1. The van der Waals surface area contributed by atoms with Crippen molar-refractivity contribution in [2.75, 3.05) is 13.1 Å². The summed E-state index contributed by atoms with van der Waals surface area (Å²) in [5, 5.41) is 6.19. The van der Waals surface area contributed by atoms with Crippen molar-refractivity contribution in [3.05, 3.63) is 23.8 Å². The van der Waals surface area contributed by atoms with E-state index >= 15 is 0 Å². The zero-order valence-electron chi connectivity index (χ0n) is 11.5. The Hall–Kier alpha value is -2.18. The summed E-state index contributed by atoms with van der Waals surface area (Å²) in [6, 6.07) is 1.84. The van der Waals surface area contributed by atoms with Gasteiger partial charge in [-0.15, -0.1) is 5.10 Å². The van der Waals surface area contributed by atoms with Crippen molar-refractivity contribution >= 4 is 17.0 Å². The number of nitrogens with zero attached hydrogens (tertiary/aromatic N) is 2. The molecule has 7 heteroatoms. The van der Waals surface area contributed by atoms with Gasteiger partial charge in [0.05, 0.1) is 10.9 Å². The van der Waals surface area contributed by atoms with Crippen LogP contribution >= 0.6 is 0 Å². The maximum absolute atomic E-state index is 13.8. The quantitative estimate of drug-likeness (QED) is 0.879. The summed E-state index contributed by atoms with van der Waals surface area (Å²) >= 11 is 0. The van der Waals surface area contributed by atoms with Gasteiger partial charge in [-0.1, -0.05) is 6.92 Å². The molecule has 0 saturated carbocycles. The molecule has 5 nitrogen and oxygen atoms in total. The van der Waals surface area contributed by atoms with Crippen molar-refractivity contribution < 1.29 is 18.3 Å². The first kappa shape index (κ1) is 13.8. The van der Waals surface area contributed by atoms with E-state index in [1.807, 2.05) is 0 Å². The van der Waals surface area contributed by atoms with E-state index in [1.165, 1.54) is 0 Å². The number of nitrogens with one attached hydrogen (secondary N) is 1. The van der Waals surface area contributed by atoms with E-state index in [0.717, 1.165) is 25.0 Å². The monoisotopic (exact) mass is 295 g/mol. The van der Waals surface area contributed by atoms with Crippen LogP contribution in [0.4, 0.5) is 13.6 Å². The number of rotatable bonds is 1. The number of ether oxygens (including phenoxy) is 1. The van der Waals surface area contributed by atoms with E-state index in [1.54, 1.807) is 4.90 Å². The number of carbonyl (C=O) groups is 1. The number of benzene rings is 1.